The van der Waals surface area contributed by atoms with Crippen LogP contribution in [0.25, 0.3) is 5.57 Å². The van der Waals surface area contributed by atoms with E-state index in [0.29, 0.717) is 0 Å². The standard InChI is InChI=1S/C26H35N5S/c1-18-17-26(2,3)30(6)22-12-11-19(16-20(18)22)24-23(21-10-7-8-13-27-21)28-25(32)31(24)15-9-14-29(4)5/h7-8,10-13,16-17,23-24H,9,14-15H2,1-6H3,(H,28,32)/t23-,24-/m0/s1. The van der Waals surface area contributed by atoms with E-state index in [2.05, 4.69) is 103 Å². The van der Waals surface area contributed by atoms with Gasteiger partial charge in [0.1, 0.15) is 0 Å². The number of allylic oxidation sites excluding steroid dienone is 1. The number of hydrogen-bond donors (Lipinski definition) is 1. The molecule has 0 bridgehead atoms. The molecule has 0 radical (unpaired) electrons. The van der Waals surface area contributed by atoms with Crippen molar-refractivity contribution in [2.75, 3.05) is 39.1 Å². The summed E-state index contributed by atoms with van der Waals surface area (Å²) < 4.78 is 0. The molecule has 2 atom stereocenters. The molecule has 0 spiro atoms. The van der Waals surface area contributed by atoms with Gasteiger partial charge in [-0.1, -0.05) is 18.2 Å². The second-order valence-electron chi connectivity index (χ2n) is 9.79. The SMILES string of the molecule is CC1=CC(C)(C)N(C)c2ccc([C@H]3[C@H](c4ccccn4)NC(=S)N3CCCN(C)C)cc21. The number of aromatic nitrogens is 1. The van der Waals surface area contributed by atoms with Crippen molar-refractivity contribution in [3.05, 3.63) is 65.5 Å². The molecule has 2 aromatic rings. The van der Waals surface area contributed by atoms with Crippen LogP contribution in [0, 0.1) is 0 Å². The van der Waals surface area contributed by atoms with E-state index < -0.39 is 0 Å². The molecule has 2 aliphatic rings. The van der Waals surface area contributed by atoms with Crippen LogP contribution in [-0.4, -0.2) is 59.7 Å². The van der Waals surface area contributed by atoms with Crippen LogP contribution in [0.3, 0.4) is 0 Å². The van der Waals surface area contributed by atoms with E-state index in [4.69, 9.17) is 12.2 Å². The Labute approximate surface area is 198 Å². The highest BCUT2D eigenvalue weighted by Gasteiger charge is 2.40. The van der Waals surface area contributed by atoms with Gasteiger partial charge in [0.2, 0.25) is 0 Å². The van der Waals surface area contributed by atoms with Crippen LogP contribution in [-0.2, 0) is 0 Å². The summed E-state index contributed by atoms with van der Waals surface area (Å²) in [4.78, 5) is 11.6. The fourth-order valence-corrected chi connectivity index (χ4v) is 5.26. The quantitative estimate of drug-likeness (QED) is 0.648. The zero-order chi connectivity index (χ0) is 23.0. The van der Waals surface area contributed by atoms with E-state index in [-0.39, 0.29) is 17.6 Å². The predicted octanol–water partition coefficient (Wildman–Crippen LogP) is 4.64. The number of thiocarbonyl (C=S) groups is 1. The van der Waals surface area contributed by atoms with Gasteiger partial charge in [0.25, 0.3) is 0 Å². The van der Waals surface area contributed by atoms with Gasteiger partial charge in [-0.2, -0.15) is 0 Å². The molecule has 1 aromatic carbocycles. The molecule has 3 heterocycles. The summed E-state index contributed by atoms with van der Waals surface area (Å²) in [5.41, 5.74) is 6.21. The maximum Gasteiger partial charge on any atom is 0.170 e. The summed E-state index contributed by atoms with van der Waals surface area (Å²) in [6.07, 6.45) is 5.28. The Morgan fingerprint density at radius 3 is 2.66 bits per heavy atom. The average Bonchev–Trinajstić information content (AvgIpc) is 3.08. The zero-order valence-corrected chi connectivity index (χ0v) is 20.9. The van der Waals surface area contributed by atoms with Gasteiger partial charge in [-0.3, -0.25) is 4.98 Å². The Kier molecular flexibility index (Phi) is 6.28. The van der Waals surface area contributed by atoms with Crippen LogP contribution < -0.4 is 10.2 Å². The fourth-order valence-electron chi connectivity index (χ4n) is 4.93. The second kappa shape index (κ2) is 8.83. The topological polar surface area (TPSA) is 34.6 Å². The van der Waals surface area contributed by atoms with Gasteiger partial charge in [0, 0.05) is 31.0 Å². The number of nitrogens with one attached hydrogen (secondary N) is 1. The average molecular weight is 450 g/mol. The maximum atomic E-state index is 5.82. The molecule has 5 nitrogen and oxygen atoms in total. The lowest BCUT2D eigenvalue weighted by molar-refractivity contribution is 0.293. The number of anilines is 1. The van der Waals surface area contributed by atoms with E-state index >= 15 is 0 Å². The van der Waals surface area contributed by atoms with E-state index in [1.165, 1.54) is 22.4 Å². The fraction of sp³-hybridized carbons (Fsp3) is 0.462. The van der Waals surface area contributed by atoms with Crippen molar-refractivity contribution in [2.45, 2.75) is 44.8 Å². The summed E-state index contributed by atoms with van der Waals surface area (Å²) in [6.45, 7) is 8.69. The molecule has 0 amide bonds. The molecule has 0 aliphatic carbocycles. The van der Waals surface area contributed by atoms with Gasteiger partial charge in [-0.15, -0.1) is 0 Å². The van der Waals surface area contributed by atoms with E-state index in [9.17, 15) is 0 Å². The van der Waals surface area contributed by atoms with Gasteiger partial charge in [-0.05, 0) is 95.5 Å². The van der Waals surface area contributed by atoms with Crippen LogP contribution in [0.1, 0.15) is 56.1 Å². The first-order valence-corrected chi connectivity index (χ1v) is 11.8. The maximum absolute atomic E-state index is 5.82. The first kappa shape index (κ1) is 22.7. The van der Waals surface area contributed by atoms with Gasteiger partial charge < -0.3 is 20.0 Å². The Bertz CT molecular complexity index is 1010. The molecule has 2 aliphatic heterocycles. The molecule has 170 valence electrons. The highest BCUT2D eigenvalue weighted by atomic mass is 32.1. The summed E-state index contributed by atoms with van der Waals surface area (Å²) in [7, 11) is 6.41. The third-order valence-electron chi connectivity index (χ3n) is 6.78. The number of pyridine rings is 1. The Morgan fingerprint density at radius 1 is 1.19 bits per heavy atom. The van der Waals surface area contributed by atoms with Gasteiger partial charge in [0.15, 0.2) is 5.11 Å². The zero-order valence-electron chi connectivity index (χ0n) is 20.1. The number of benzene rings is 1. The van der Waals surface area contributed by atoms with E-state index in [0.717, 1.165) is 30.3 Å². The molecular weight excluding hydrogens is 414 g/mol. The van der Waals surface area contributed by atoms with Crippen molar-refractivity contribution < 1.29 is 0 Å². The number of rotatable bonds is 6. The van der Waals surface area contributed by atoms with Crippen molar-refractivity contribution in [2.24, 2.45) is 0 Å². The molecule has 4 rings (SSSR count). The van der Waals surface area contributed by atoms with E-state index in [1.54, 1.807) is 0 Å². The third-order valence-corrected chi connectivity index (χ3v) is 7.14. The molecule has 0 saturated carbocycles. The monoisotopic (exact) mass is 449 g/mol. The van der Waals surface area contributed by atoms with Crippen LogP contribution in [0.15, 0.2) is 48.7 Å². The predicted molar refractivity (Wildman–Crippen MR) is 138 cm³/mol. The number of nitrogens with zero attached hydrogens (tertiary/aromatic N) is 4. The number of hydrogen-bond acceptors (Lipinski definition) is 4. The van der Waals surface area contributed by atoms with Gasteiger partial charge in [-0.25, -0.2) is 0 Å². The van der Waals surface area contributed by atoms with Gasteiger partial charge >= 0.3 is 0 Å². The Hall–Kier alpha value is -2.44. The minimum Gasteiger partial charge on any atom is -0.366 e. The third kappa shape index (κ3) is 4.26. The molecule has 0 unspecified atom stereocenters. The van der Waals surface area contributed by atoms with Crippen LogP contribution in [0.5, 0.6) is 0 Å². The minimum absolute atomic E-state index is 0.00376. The van der Waals surface area contributed by atoms with Crippen molar-refractivity contribution in [1.82, 2.24) is 20.1 Å². The second-order valence-corrected chi connectivity index (χ2v) is 10.2. The highest BCUT2D eigenvalue weighted by molar-refractivity contribution is 7.80. The number of fused-ring (bicyclic) bond motifs is 1. The lowest BCUT2D eigenvalue weighted by atomic mass is 9.86. The lowest BCUT2D eigenvalue weighted by Gasteiger charge is -2.41. The smallest absolute Gasteiger partial charge is 0.170 e. The molecule has 1 aromatic heterocycles. The summed E-state index contributed by atoms with van der Waals surface area (Å²) in [5, 5.41) is 4.39. The van der Waals surface area contributed by atoms with Gasteiger partial charge in [0.05, 0.1) is 23.3 Å². The first-order valence-electron chi connectivity index (χ1n) is 11.4. The Balaban J connectivity index is 1.74. The Morgan fingerprint density at radius 2 is 1.97 bits per heavy atom. The van der Waals surface area contributed by atoms with E-state index in [1.807, 2.05) is 12.3 Å². The van der Waals surface area contributed by atoms with Crippen molar-refractivity contribution in [3.63, 3.8) is 0 Å². The van der Waals surface area contributed by atoms with Crippen molar-refractivity contribution >= 4 is 28.6 Å². The number of likely N-dealkylation sites (N-methyl/N-ethyl adjacent to an activating group) is 1. The largest absolute Gasteiger partial charge is 0.366 e. The lowest BCUT2D eigenvalue weighted by Crippen LogP contribution is -2.42. The van der Waals surface area contributed by atoms with Crippen LogP contribution in [0.4, 0.5) is 5.69 Å². The highest BCUT2D eigenvalue weighted by Crippen LogP contribution is 2.43. The van der Waals surface area contributed by atoms with Crippen LogP contribution in [0.2, 0.25) is 0 Å². The molecule has 1 saturated heterocycles. The summed E-state index contributed by atoms with van der Waals surface area (Å²) in [5.74, 6) is 0. The molecule has 1 fully saturated rings. The normalized spacial score (nSPS) is 22.1. The molecule has 32 heavy (non-hydrogen) atoms. The van der Waals surface area contributed by atoms with Crippen molar-refractivity contribution in [3.8, 4) is 0 Å². The molecular formula is C26H35N5S. The molecule has 6 heteroatoms. The van der Waals surface area contributed by atoms with Crippen molar-refractivity contribution in [1.29, 1.82) is 0 Å². The summed E-state index contributed by atoms with van der Waals surface area (Å²) in [6, 6.07) is 13.2. The molecule has 1 N–H and O–H groups in total. The van der Waals surface area contributed by atoms with Crippen LogP contribution >= 0.6 is 12.2 Å². The minimum atomic E-state index is 0.00376. The first-order chi connectivity index (χ1) is 15.2. The summed E-state index contributed by atoms with van der Waals surface area (Å²) >= 11 is 5.82.